The lowest BCUT2D eigenvalue weighted by Gasteiger charge is -2.15. The maximum absolute atomic E-state index is 11.2. The quantitative estimate of drug-likeness (QED) is 0.844. The van der Waals surface area contributed by atoms with Gasteiger partial charge in [-0.1, -0.05) is 55.5 Å². The molecule has 0 aromatic heterocycles. The highest BCUT2D eigenvalue weighted by atomic mass is 16.1. The molecule has 21 heavy (non-hydrogen) atoms. The van der Waals surface area contributed by atoms with E-state index in [1.807, 2.05) is 0 Å². The number of carbonyl (C=O) groups is 1. The van der Waals surface area contributed by atoms with Crippen LogP contribution >= 0.6 is 0 Å². The number of hydrogen-bond donors (Lipinski definition) is 1. The zero-order valence-electron chi connectivity index (χ0n) is 12.4. The van der Waals surface area contributed by atoms with E-state index in [4.69, 9.17) is 0 Å². The van der Waals surface area contributed by atoms with Crippen LogP contribution in [0.25, 0.3) is 0 Å². The molecule has 2 heteroatoms. The predicted molar refractivity (Wildman–Crippen MR) is 85.3 cm³/mol. The third-order valence-electron chi connectivity index (χ3n) is 4.46. The Bertz CT molecular complexity index is 621. The Labute approximate surface area is 126 Å². The van der Waals surface area contributed by atoms with Gasteiger partial charge in [-0.15, -0.1) is 0 Å². The van der Waals surface area contributed by atoms with E-state index in [9.17, 15) is 4.79 Å². The third-order valence-corrected chi connectivity index (χ3v) is 4.46. The third kappa shape index (κ3) is 2.91. The topological polar surface area (TPSA) is 29.1 Å². The molecule has 0 fully saturated rings. The molecule has 1 N–H and O–H groups in total. The van der Waals surface area contributed by atoms with Gasteiger partial charge in [-0.25, -0.2) is 0 Å². The number of carbonyl (C=O) groups excluding carboxylic acids is 1. The number of hydrogen-bond acceptors (Lipinski definition) is 2. The second-order valence-electron chi connectivity index (χ2n) is 5.83. The van der Waals surface area contributed by atoms with Crippen molar-refractivity contribution >= 4 is 6.29 Å². The van der Waals surface area contributed by atoms with Gasteiger partial charge in [-0.3, -0.25) is 5.32 Å². The average Bonchev–Trinajstić information content (AvgIpc) is 2.97. The van der Waals surface area contributed by atoms with E-state index < -0.39 is 0 Å². The average molecular weight is 279 g/mol. The Morgan fingerprint density at radius 1 is 1.19 bits per heavy atom. The van der Waals surface area contributed by atoms with Crippen molar-refractivity contribution in [2.75, 3.05) is 0 Å². The smallest absolute Gasteiger partial charge is 0.141 e. The van der Waals surface area contributed by atoms with Gasteiger partial charge in [0.25, 0.3) is 0 Å². The normalized spacial score (nSPS) is 18.2. The number of rotatable bonds is 5. The second-order valence-corrected chi connectivity index (χ2v) is 5.83. The summed E-state index contributed by atoms with van der Waals surface area (Å²) in [5.74, 6) is 0.533. The van der Waals surface area contributed by atoms with Gasteiger partial charge in [0, 0.05) is 6.54 Å². The van der Waals surface area contributed by atoms with Crippen molar-refractivity contribution in [2.24, 2.45) is 0 Å². The Morgan fingerprint density at radius 2 is 2.00 bits per heavy atom. The first-order valence-corrected chi connectivity index (χ1v) is 7.64. The fraction of sp³-hybridized carbons (Fsp3) is 0.316. The fourth-order valence-electron chi connectivity index (χ4n) is 3.20. The molecule has 0 radical (unpaired) electrons. The number of nitrogens with one attached hydrogen (secondary N) is 1. The van der Waals surface area contributed by atoms with Crippen LogP contribution < -0.4 is 5.32 Å². The van der Waals surface area contributed by atoms with Gasteiger partial charge in [0.2, 0.25) is 0 Å². The van der Waals surface area contributed by atoms with Crippen LogP contribution in [0.5, 0.6) is 0 Å². The van der Waals surface area contributed by atoms with Crippen molar-refractivity contribution < 1.29 is 4.79 Å². The second kappa shape index (κ2) is 6.23. The highest BCUT2D eigenvalue weighted by molar-refractivity contribution is 5.66. The highest BCUT2D eigenvalue weighted by Crippen LogP contribution is 2.30. The molecule has 108 valence electrons. The van der Waals surface area contributed by atoms with E-state index >= 15 is 0 Å². The number of fused-ring (bicyclic) bond motifs is 1. The minimum absolute atomic E-state index is 0.122. The van der Waals surface area contributed by atoms with E-state index in [2.05, 4.69) is 60.8 Å². The molecular formula is C19H21NO. The van der Waals surface area contributed by atoms with Crippen molar-refractivity contribution in [3.05, 3.63) is 70.8 Å². The van der Waals surface area contributed by atoms with Crippen LogP contribution in [-0.2, 0) is 17.8 Å². The Hall–Kier alpha value is -1.93. The summed E-state index contributed by atoms with van der Waals surface area (Å²) in [4.78, 5) is 11.2. The zero-order valence-corrected chi connectivity index (χ0v) is 12.4. The van der Waals surface area contributed by atoms with Crippen molar-refractivity contribution in [2.45, 2.75) is 38.3 Å². The van der Waals surface area contributed by atoms with E-state index in [1.165, 1.54) is 22.3 Å². The zero-order chi connectivity index (χ0) is 14.7. The summed E-state index contributed by atoms with van der Waals surface area (Å²) in [5.41, 5.74) is 5.19. The standard InChI is InChI=1S/C19H21NO/c1-14(15-6-3-2-4-7-15)10-11-16-8-5-9-17-12-20-18(13-21)19(16)17/h2-9,13-14,18,20H,10-12H2,1H3. The molecule has 0 aliphatic carbocycles. The molecule has 1 heterocycles. The molecule has 2 unspecified atom stereocenters. The van der Waals surface area contributed by atoms with E-state index in [0.717, 1.165) is 25.7 Å². The monoisotopic (exact) mass is 279 g/mol. The maximum atomic E-state index is 11.2. The van der Waals surface area contributed by atoms with Gasteiger partial charge in [0.1, 0.15) is 6.29 Å². The van der Waals surface area contributed by atoms with Gasteiger partial charge < -0.3 is 4.79 Å². The van der Waals surface area contributed by atoms with Gasteiger partial charge in [0.15, 0.2) is 0 Å². The Balaban J connectivity index is 1.75. The molecule has 0 saturated carbocycles. The summed E-state index contributed by atoms with van der Waals surface area (Å²) in [6.45, 7) is 3.08. The first-order chi connectivity index (χ1) is 10.3. The number of benzene rings is 2. The first kappa shape index (κ1) is 14.0. The molecule has 1 aliphatic rings. The SMILES string of the molecule is CC(CCc1cccc2c1C(C=O)NC2)c1ccccc1. The van der Waals surface area contributed by atoms with Gasteiger partial charge in [-0.2, -0.15) is 0 Å². The fourth-order valence-corrected chi connectivity index (χ4v) is 3.20. The van der Waals surface area contributed by atoms with E-state index in [-0.39, 0.29) is 6.04 Å². The minimum atomic E-state index is -0.122. The molecule has 3 rings (SSSR count). The molecule has 2 atom stereocenters. The molecule has 0 bridgehead atoms. The number of aldehydes is 1. The molecule has 2 aromatic rings. The molecule has 2 aromatic carbocycles. The summed E-state index contributed by atoms with van der Waals surface area (Å²) in [6, 6.07) is 16.9. The van der Waals surface area contributed by atoms with Crippen LogP contribution in [0.1, 0.15) is 47.6 Å². The molecule has 1 aliphatic heterocycles. The molecule has 0 spiro atoms. The van der Waals surface area contributed by atoms with Crippen molar-refractivity contribution in [1.29, 1.82) is 0 Å². The Kier molecular flexibility index (Phi) is 4.16. The number of aryl methyl sites for hydroxylation is 1. The van der Waals surface area contributed by atoms with Gasteiger partial charge in [0.05, 0.1) is 6.04 Å². The largest absolute Gasteiger partial charge is 0.301 e. The highest BCUT2D eigenvalue weighted by Gasteiger charge is 2.23. The lowest BCUT2D eigenvalue weighted by molar-refractivity contribution is -0.109. The van der Waals surface area contributed by atoms with Gasteiger partial charge in [-0.05, 0) is 41.0 Å². The lowest BCUT2D eigenvalue weighted by atomic mass is 9.90. The van der Waals surface area contributed by atoms with Gasteiger partial charge >= 0.3 is 0 Å². The minimum Gasteiger partial charge on any atom is -0.301 e. The first-order valence-electron chi connectivity index (χ1n) is 7.64. The molecular weight excluding hydrogens is 258 g/mol. The molecule has 0 saturated heterocycles. The summed E-state index contributed by atoms with van der Waals surface area (Å²) >= 11 is 0. The van der Waals surface area contributed by atoms with Crippen LogP contribution in [0.2, 0.25) is 0 Å². The summed E-state index contributed by atoms with van der Waals surface area (Å²) in [7, 11) is 0. The van der Waals surface area contributed by atoms with Crippen molar-refractivity contribution in [3.8, 4) is 0 Å². The summed E-state index contributed by atoms with van der Waals surface area (Å²) in [5, 5.41) is 3.26. The van der Waals surface area contributed by atoms with E-state index in [1.54, 1.807) is 0 Å². The summed E-state index contributed by atoms with van der Waals surface area (Å²) in [6.07, 6.45) is 3.15. The van der Waals surface area contributed by atoms with Crippen LogP contribution in [0.15, 0.2) is 48.5 Å². The van der Waals surface area contributed by atoms with Crippen LogP contribution in [0, 0.1) is 0 Å². The van der Waals surface area contributed by atoms with Crippen molar-refractivity contribution in [3.63, 3.8) is 0 Å². The summed E-state index contributed by atoms with van der Waals surface area (Å²) < 4.78 is 0. The maximum Gasteiger partial charge on any atom is 0.141 e. The van der Waals surface area contributed by atoms with E-state index in [0.29, 0.717) is 5.92 Å². The van der Waals surface area contributed by atoms with Crippen LogP contribution in [-0.4, -0.2) is 6.29 Å². The van der Waals surface area contributed by atoms with Crippen LogP contribution in [0.4, 0.5) is 0 Å². The van der Waals surface area contributed by atoms with Crippen molar-refractivity contribution in [1.82, 2.24) is 5.32 Å². The van der Waals surface area contributed by atoms with Crippen LogP contribution in [0.3, 0.4) is 0 Å². The lowest BCUT2D eigenvalue weighted by Crippen LogP contribution is -2.14. The molecule has 2 nitrogen and oxygen atoms in total. The predicted octanol–water partition coefficient (Wildman–Crippen LogP) is 3.77. The molecule has 0 amide bonds. The Morgan fingerprint density at radius 3 is 2.76 bits per heavy atom.